The SMILES string of the molecule is C=C1/C=C\C(C2=C(C(C3=CC=CCN=C3)c3ccc(Cl)cc3)C=CCC=C2)=C(\C)CN=C(C2=CCCCC=N2)N1C1=CC=CC=CC1. The first-order valence-electron chi connectivity index (χ1n) is 16.5. The summed E-state index contributed by atoms with van der Waals surface area (Å²) in [6.45, 7) is 7.99. The summed E-state index contributed by atoms with van der Waals surface area (Å²) in [4.78, 5) is 17.1. The van der Waals surface area contributed by atoms with Crippen molar-refractivity contribution >= 4 is 29.9 Å². The van der Waals surface area contributed by atoms with Crippen molar-refractivity contribution in [2.45, 2.75) is 44.9 Å². The Morgan fingerprint density at radius 2 is 1.74 bits per heavy atom. The Kier molecular flexibility index (Phi) is 10.7. The number of nitrogens with zero attached hydrogens (tertiary/aromatic N) is 4. The average molecular weight is 637 g/mol. The predicted molar refractivity (Wildman–Crippen MR) is 201 cm³/mol. The van der Waals surface area contributed by atoms with Crippen LogP contribution in [0.4, 0.5) is 0 Å². The molecule has 4 nitrogen and oxygen atoms in total. The largest absolute Gasteiger partial charge is 0.298 e. The maximum atomic E-state index is 6.37. The van der Waals surface area contributed by atoms with E-state index in [1.807, 2.05) is 24.6 Å². The quantitative estimate of drug-likeness (QED) is 0.306. The molecule has 236 valence electrons. The molecule has 1 atom stereocenters. The van der Waals surface area contributed by atoms with Crippen LogP contribution in [0.3, 0.4) is 0 Å². The van der Waals surface area contributed by atoms with Gasteiger partial charge in [0, 0.05) is 41.2 Å². The molecular formula is C42H41ClN4. The lowest BCUT2D eigenvalue weighted by molar-refractivity contribution is 0.631. The monoisotopic (exact) mass is 636 g/mol. The van der Waals surface area contributed by atoms with Crippen molar-refractivity contribution in [2.24, 2.45) is 15.0 Å². The fourth-order valence-corrected chi connectivity index (χ4v) is 6.41. The van der Waals surface area contributed by atoms with E-state index in [1.165, 1.54) is 16.7 Å². The van der Waals surface area contributed by atoms with Crippen molar-refractivity contribution in [2.75, 3.05) is 13.1 Å². The standard InChI is InChI=1S/C42H41ClN4/c1-31-29-46-42(40-20-11-6-13-28-45-40)47(36-16-7-3-4-8-17-36)32(2)21-26-37(31)38-18-9-5-10-19-39(38)41(33-22-24-35(43)25-23-33)34-15-12-14-27-44-30-34/h3-4,7-10,12,14-16,18-26,28,30,41H,2,5-6,11,13,17,27,29H2,1H3/b26-21-,37-31+,46-42?. The van der Waals surface area contributed by atoms with Crippen molar-refractivity contribution in [1.82, 2.24) is 4.90 Å². The molecule has 2 aliphatic carbocycles. The molecular weight excluding hydrogens is 596 g/mol. The van der Waals surface area contributed by atoms with Crippen LogP contribution in [-0.2, 0) is 0 Å². The van der Waals surface area contributed by atoms with Crippen molar-refractivity contribution in [3.05, 3.63) is 178 Å². The molecule has 0 spiro atoms. The third-order valence-electron chi connectivity index (χ3n) is 8.64. The van der Waals surface area contributed by atoms with Crippen LogP contribution in [0.1, 0.15) is 50.5 Å². The van der Waals surface area contributed by atoms with Gasteiger partial charge in [0.25, 0.3) is 0 Å². The predicted octanol–water partition coefficient (Wildman–Crippen LogP) is 10.4. The number of hydrogen-bond donors (Lipinski definition) is 0. The summed E-state index contributed by atoms with van der Waals surface area (Å²) in [5.41, 5.74) is 9.84. The molecule has 0 amide bonds. The van der Waals surface area contributed by atoms with Crippen LogP contribution >= 0.6 is 11.6 Å². The van der Waals surface area contributed by atoms with Crippen molar-refractivity contribution < 1.29 is 0 Å². The van der Waals surface area contributed by atoms with Gasteiger partial charge in [-0.15, -0.1) is 0 Å². The van der Waals surface area contributed by atoms with Crippen LogP contribution in [0.15, 0.2) is 182 Å². The third kappa shape index (κ3) is 7.78. The number of halogens is 1. The lowest BCUT2D eigenvalue weighted by Gasteiger charge is -2.29. The molecule has 0 radical (unpaired) electrons. The van der Waals surface area contributed by atoms with E-state index in [1.54, 1.807) is 0 Å². The highest BCUT2D eigenvalue weighted by atomic mass is 35.5. The minimum absolute atomic E-state index is 0.0481. The van der Waals surface area contributed by atoms with E-state index >= 15 is 0 Å². The number of hydrogen-bond acceptors (Lipinski definition) is 4. The topological polar surface area (TPSA) is 40.3 Å². The Morgan fingerprint density at radius 1 is 0.872 bits per heavy atom. The highest BCUT2D eigenvalue weighted by Gasteiger charge is 2.26. The zero-order chi connectivity index (χ0) is 32.4. The van der Waals surface area contributed by atoms with Gasteiger partial charge in [-0.05, 0) is 90.3 Å². The van der Waals surface area contributed by atoms with E-state index in [0.717, 1.165) is 76.8 Å². The Balaban J connectivity index is 1.53. The molecule has 3 heterocycles. The number of benzene rings is 1. The van der Waals surface area contributed by atoms with Gasteiger partial charge in [-0.25, -0.2) is 0 Å². The second kappa shape index (κ2) is 15.7. The van der Waals surface area contributed by atoms with Gasteiger partial charge in [-0.3, -0.25) is 19.9 Å². The molecule has 1 unspecified atom stereocenters. The minimum Gasteiger partial charge on any atom is -0.298 e. The smallest absolute Gasteiger partial charge is 0.158 e. The Bertz CT molecular complexity index is 1820. The zero-order valence-corrected chi connectivity index (χ0v) is 27.8. The molecule has 6 rings (SSSR count). The van der Waals surface area contributed by atoms with Gasteiger partial charge < -0.3 is 0 Å². The summed E-state index contributed by atoms with van der Waals surface area (Å²) in [7, 11) is 0. The summed E-state index contributed by atoms with van der Waals surface area (Å²) < 4.78 is 0. The van der Waals surface area contributed by atoms with E-state index in [9.17, 15) is 0 Å². The maximum Gasteiger partial charge on any atom is 0.158 e. The van der Waals surface area contributed by atoms with Crippen LogP contribution in [0.5, 0.6) is 0 Å². The van der Waals surface area contributed by atoms with Gasteiger partial charge in [0.2, 0.25) is 0 Å². The van der Waals surface area contributed by atoms with Gasteiger partial charge in [0.15, 0.2) is 5.84 Å². The van der Waals surface area contributed by atoms with Crippen LogP contribution in [0.25, 0.3) is 0 Å². The highest BCUT2D eigenvalue weighted by molar-refractivity contribution is 6.30. The molecule has 3 aliphatic heterocycles. The summed E-state index contributed by atoms with van der Waals surface area (Å²) in [6.07, 6.45) is 41.3. The lowest BCUT2D eigenvalue weighted by atomic mass is 9.80. The fourth-order valence-electron chi connectivity index (χ4n) is 6.28. The molecule has 5 aliphatic rings. The van der Waals surface area contributed by atoms with Crippen LogP contribution in [0, 0.1) is 0 Å². The second-order valence-corrected chi connectivity index (χ2v) is 12.4. The zero-order valence-electron chi connectivity index (χ0n) is 27.0. The molecule has 5 heteroatoms. The molecule has 0 saturated carbocycles. The average Bonchev–Trinajstić information content (AvgIpc) is 3.68. The first-order chi connectivity index (χ1) is 23.1. The molecule has 0 bridgehead atoms. The lowest BCUT2D eigenvalue weighted by Crippen LogP contribution is -2.30. The normalized spacial score (nSPS) is 23.0. The fraction of sp³-hybridized carbons (Fsp3) is 0.214. The van der Waals surface area contributed by atoms with Crippen LogP contribution < -0.4 is 0 Å². The Morgan fingerprint density at radius 3 is 2.64 bits per heavy atom. The first-order valence-corrected chi connectivity index (χ1v) is 16.8. The van der Waals surface area contributed by atoms with Crippen LogP contribution in [0.2, 0.25) is 5.02 Å². The summed E-state index contributed by atoms with van der Waals surface area (Å²) in [6, 6.07) is 8.20. The van der Waals surface area contributed by atoms with E-state index in [4.69, 9.17) is 26.6 Å². The molecule has 0 N–H and O–H groups in total. The summed E-state index contributed by atoms with van der Waals surface area (Å²) in [5, 5.41) is 0.721. The van der Waals surface area contributed by atoms with Gasteiger partial charge in [-0.1, -0.05) is 109 Å². The summed E-state index contributed by atoms with van der Waals surface area (Å²) in [5.74, 6) is 0.789. The Hall–Kier alpha value is -4.80. The minimum atomic E-state index is -0.0481. The van der Waals surface area contributed by atoms with E-state index in [-0.39, 0.29) is 5.92 Å². The maximum absolute atomic E-state index is 6.37. The number of allylic oxidation sites excluding steroid dienone is 18. The molecule has 0 saturated heterocycles. The number of rotatable bonds is 6. The van der Waals surface area contributed by atoms with Gasteiger partial charge >= 0.3 is 0 Å². The van der Waals surface area contributed by atoms with Gasteiger partial charge in [0.05, 0.1) is 13.1 Å². The molecule has 47 heavy (non-hydrogen) atoms. The number of aliphatic imine (C=N–C) groups is 3. The molecule has 0 fully saturated rings. The molecule has 1 aromatic carbocycles. The third-order valence-corrected chi connectivity index (χ3v) is 8.89. The highest BCUT2D eigenvalue weighted by Crippen LogP contribution is 2.39. The number of amidine groups is 1. The van der Waals surface area contributed by atoms with Crippen molar-refractivity contribution in [3.8, 4) is 0 Å². The van der Waals surface area contributed by atoms with Crippen molar-refractivity contribution in [1.29, 1.82) is 0 Å². The van der Waals surface area contributed by atoms with Gasteiger partial charge in [-0.2, -0.15) is 0 Å². The van der Waals surface area contributed by atoms with E-state index < -0.39 is 0 Å². The van der Waals surface area contributed by atoms with E-state index in [2.05, 4.69) is 122 Å². The van der Waals surface area contributed by atoms with Crippen LogP contribution in [-0.4, -0.2) is 36.3 Å². The summed E-state index contributed by atoms with van der Waals surface area (Å²) >= 11 is 6.37. The first kappa shape index (κ1) is 32.2. The molecule has 1 aromatic rings. The molecule has 0 aromatic heterocycles. The Labute approximate surface area is 284 Å². The van der Waals surface area contributed by atoms with Gasteiger partial charge in [0.1, 0.15) is 5.70 Å². The second-order valence-electron chi connectivity index (χ2n) is 12.0. The van der Waals surface area contributed by atoms with E-state index in [0.29, 0.717) is 13.1 Å². The van der Waals surface area contributed by atoms with Crippen molar-refractivity contribution in [3.63, 3.8) is 0 Å².